The number of aromatic nitrogens is 2. The summed E-state index contributed by atoms with van der Waals surface area (Å²) in [5, 5.41) is 0. The minimum atomic E-state index is 0.494. The van der Waals surface area contributed by atoms with Crippen molar-refractivity contribution < 1.29 is 0 Å². The molecule has 2 heterocycles. The molecule has 0 amide bonds. The van der Waals surface area contributed by atoms with Gasteiger partial charge in [-0.25, -0.2) is 15.8 Å². The molecule has 21 heavy (non-hydrogen) atoms. The lowest BCUT2D eigenvalue weighted by atomic mass is 10.1. The van der Waals surface area contributed by atoms with Gasteiger partial charge in [0.25, 0.3) is 0 Å². The van der Waals surface area contributed by atoms with Gasteiger partial charge in [0.2, 0.25) is 0 Å². The second-order valence-electron chi connectivity index (χ2n) is 5.79. The molecule has 1 unspecified atom stereocenters. The van der Waals surface area contributed by atoms with Crippen molar-refractivity contribution in [2.24, 2.45) is 5.84 Å². The Balaban J connectivity index is 2.38. The predicted molar refractivity (Wildman–Crippen MR) is 87.4 cm³/mol. The molecule has 0 spiro atoms. The maximum Gasteiger partial charge on any atom is 0.148 e. The molecule has 0 radical (unpaired) electrons. The van der Waals surface area contributed by atoms with E-state index in [-0.39, 0.29) is 0 Å². The van der Waals surface area contributed by atoms with Crippen LogP contribution < -0.4 is 16.2 Å². The minimum absolute atomic E-state index is 0.494. The Morgan fingerprint density at radius 3 is 2.81 bits per heavy atom. The standard InChI is InChI=1S/C15H28N6/c1-4-7-13-14(19-16)17-11-18-15(13)21-9-6-8-20(3)10-12(21)5-2/h11-12H,4-10,16H2,1-3H3,(H,17,18,19). The van der Waals surface area contributed by atoms with Crippen molar-refractivity contribution in [3.05, 3.63) is 11.9 Å². The van der Waals surface area contributed by atoms with Gasteiger partial charge in [-0.15, -0.1) is 0 Å². The summed E-state index contributed by atoms with van der Waals surface area (Å²) < 4.78 is 0. The third-order valence-electron chi connectivity index (χ3n) is 4.20. The van der Waals surface area contributed by atoms with Crippen LogP contribution in [-0.4, -0.2) is 47.6 Å². The van der Waals surface area contributed by atoms with Crippen LogP contribution in [0.4, 0.5) is 11.6 Å². The third-order valence-corrected chi connectivity index (χ3v) is 4.20. The number of rotatable bonds is 5. The molecular weight excluding hydrogens is 264 g/mol. The summed E-state index contributed by atoms with van der Waals surface area (Å²) in [5.41, 5.74) is 3.87. The molecule has 1 fully saturated rings. The Morgan fingerprint density at radius 1 is 1.33 bits per heavy atom. The average molecular weight is 292 g/mol. The highest BCUT2D eigenvalue weighted by molar-refractivity contribution is 5.59. The van der Waals surface area contributed by atoms with Crippen LogP contribution in [0.1, 0.15) is 38.7 Å². The van der Waals surface area contributed by atoms with E-state index in [1.54, 1.807) is 6.33 Å². The molecule has 118 valence electrons. The third kappa shape index (κ3) is 3.63. The van der Waals surface area contributed by atoms with E-state index in [9.17, 15) is 0 Å². The highest BCUT2D eigenvalue weighted by Crippen LogP contribution is 2.28. The first-order chi connectivity index (χ1) is 10.2. The van der Waals surface area contributed by atoms with Crippen molar-refractivity contribution in [1.29, 1.82) is 0 Å². The van der Waals surface area contributed by atoms with Crippen molar-refractivity contribution in [2.45, 2.75) is 45.6 Å². The topological polar surface area (TPSA) is 70.3 Å². The van der Waals surface area contributed by atoms with Crippen LogP contribution in [0.25, 0.3) is 0 Å². The second-order valence-corrected chi connectivity index (χ2v) is 5.79. The van der Waals surface area contributed by atoms with Crippen molar-refractivity contribution >= 4 is 11.6 Å². The van der Waals surface area contributed by atoms with Crippen molar-refractivity contribution in [3.8, 4) is 0 Å². The average Bonchev–Trinajstić information content (AvgIpc) is 2.69. The predicted octanol–water partition coefficient (Wildman–Crippen LogP) is 1.64. The summed E-state index contributed by atoms with van der Waals surface area (Å²) in [7, 11) is 2.20. The number of likely N-dealkylation sites (N-methyl/N-ethyl adjacent to an activating group) is 1. The molecule has 1 aliphatic rings. The Morgan fingerprint density at radius 2 is 2.14 bits per heavy atom. The molecule has 2 rings (SSSR count). The Kier molecular flexibility index (Phi) is 5.76. The van der Waals surface area contributed by atoms with Gasteiger partial charge in [-0.05, 0) is 32.9 Å². The lowest BCUT2D eigenvalue weighted by molar-refractivity contribution is 0.327. The number of nitrogens with zero attached hydrogens (tertiary/aromatic N) is 4. The van der Waals surface area contributed by atoms with Gasteiger partial charge >= 0.3 is 0 Å². The summed E-state index contributed by atoms with van der Waals surface area (Å²) in [4.78, 5) is 13.7. The second kappa shape index (κ2) is 7.56. The lowest BCUT2D eigenvalue weighted by Gasteiger charge is -2.33. The largest absolute Gasteiger partial charge is 0.352 e. The van der Waals surface area contributed by atoms with E-state index in [1.807, 2.05) is 0 Å². The zero-order chi connectivity index (χ0) is 15.2. The van der Waals surface area contributed by atoms with Gasteiger partial charge in [-0.3, -0.25) is 0 Å². The zero-order valence-corrected chi connectivity index (χ0v) is 13.5. The van der Waals surface area contributed by atoms with Crippen LogP contribution in [-0.2, 0) is 6.42 Å². The summed E-state index contributed by atoms with van der Waals surface area (Å²) in [5.74, 6) is 7.45. The number of hydrogen-bond donors (Lipinski definition) is 2. The van der Waals surface area contributed by atoms with E-state index in [2.05, 4.69) is 46.1 Å². The normalized spacial score (nSPS) is 20.4. The Hall–Kier alpha value is -1.40. The fourth-order valence-corrected chi connectivity index (χ4v) is 3.13. The van der Waals surface area contributed by atoms with Crippen LogP contribution in [0.2, 0.25) is 0 Å². The van der Waals surface area contributed by atoms with Crippen LogP contribution in [0.5, 0.6) is 0 Å². The smallest absolute Gasteiger partial charge is 0.148 e. The quantitative estimate of drug-likeness (QED) is 0.635. The van der Waals surface area contributed by atoms with Crippen LogP contribution in [0, 0.1) is 0 Å². The molecule has 6 nitrogen and oxygen atoms in total. The molecule has 6 heteroatoms. The summed E-state index contributed by atoms with van der Waals surface area (Å²) in [6, 6.07) is 0.494. The summed E-state index contributed by atoms with van der Waals surface area (Å²) in [6.45, 7) is 7.69. The van der Waals surface area contributed by atoms with Crippen molar-refractivity contribution in [1.82, 2.24) is 14.9 Å². The SMILES string of the molecule is CCCc1c(NN)ncnc1N1CCCN(C)CC1CC. The van der Waals surface area contributed by atoms with E-state index in [4.69, 9.17) is 5.84 Å². The number of hydrogen-bond acceptors (Lipinski definition) is 6. The van der Waals surface area contributed by atoms with E-state index in [0.29, 0.717) is 6.04 Å². The van der Waals surface area contributed by atoms with E-state index in [0.717, 1.165) is 62.5 Å². The first kappa shape index (κ1) is 16.0. The molecule has 0 aliphatic carbocycles. The lowest BCUT2D eigenvalue weighted by Crippen LogP contribution is -2.41. The monoisotopic (exact) mass is 292 g/mol. The van der Waals surface area contributed by atoms with Gasteiger partial charge in [-0.1, -0.05) is 20.3 Å². The first-order valence-electron chi connectivity index (χ1n) is 7.96. The number of nitrogens with two attached hydrogens (primary N) is 1. The molecule has 0 aromatic carbocycles. The highest BCUT2D eigenvalue weighted by atomic mass is 15.3. The van der Waals surface area contributed by atoms with Gasteiger partial charge in [0.15, 0.2) is 0 Å². The van der Waals surface area contributed by atoms with Gasteiger partial charge < -0.3 is 15.2 Å². The Bertz CT molecular complexity index is 450. The molecular formula is C15H28N6. The van der Waals surface area contributed by atoms with Crippen LogP contribution in [0.3, 0.4) is 0 Å². The Labute approximate surface area is 127 Å². The van der Waals surface area contributed by atoms with Gasteiger partial charge in [0.05, 0.1) is 0 Å². The van der Waals surface area contributed by atoms with E-state index in [1.165, 1.54) is 0 Å². The first-order valence-corrected chi connectivity index (χ1v) is 7.96. The molecule has 1 saturated heterocycles. The maximum absolute atomic E-state index is 5.63. The van der Waals surface area contributed by atoms with Gasteiger partial charge in [-0.2, -0.15) is 0 Å². The van der Waals surface area contributed by atoms with Crippen LogP contribution >= 0.6 is 0 Å². The van der Waals surface area contributed by atoms with Gasteiger partial charge in [0, 0.05) is 24.7 Å². The van der Waals surface area contributed by atoms with E-state index >= 15 is 0 Å². The van der Waals surface area contributed by atoms with Crippen LogP contribution in [0.15, 0.2) is 6.33 Å². The molecule has 1 aromatic heterocycles. The van der Waals surface area contributed by atoms with Crippen molar-refractivity contribution in [3.63, 3.8) is 0 Å². The highest BCUT2D eigenvalue weighted by Gasteiger charge is 2.26. The molecule has 3 N–H and O–H groups in total. The molecule has 1 aromatic rings. The van der Waals surface area contributed by atoms with Gasteiger partial charge in [0.1, 0.15) is 18.0 Å². The fourth-order valence-electron chi connectivity index (χ4n) is 3.13. The number of nitrogens with one attached hydrogen (secondary N) is 1. The zero-order valence-electron chi connectivity index (χ0n) is 13.5. The van der Waals surface area contributed by atoms with Crippen molar-refractivity contribution in [2.75, 3.05) is 37.0 Å². The molecule has 1 aliphatic heterocycles. The number of nitrogen functional groups attached to an aromatic ring is 1. The number of anilines is 2. The minimum Gasteiger partial charge on any atom is -0.352 e. The summed E-state index contributed by atoms with van der Waals surface area (Å²) >= 11 is 0. The molecule has 1 atom stereocenters. The van der Waals surface area contributed by atoms with E-state index < -0.39 is 0 Å². The molecule has 0 bridgehead atoms. The fraction of sp³-hybridized carbons (Fsp3) is 0.733. The number of hydrazine groups is 1. The summed E-state index contributed by atoms with van der Waals surface area (Å²) in [6.07, 6.45) is 5.89. The maximum atomic E-state index is 5.63. The molecule has 0 saturated carbocycles.